The molecule has 5 rings (SSSR count). The lowest BCUT2D eigenvalue weighted by atomic mass is 9.63. The summed E-state index contributed by atoms with van der Waals surface area (Å²) in [6, 6.07) is 11.6. The van der Waals surface area contributed by atoms with Gasteiger partial charge in [0, 0.05) is 65.5 Å². The maximum absolute atomic E-state index is 14.1. The molecule has 0 atom stereocenters. The summed E-state index contributed by atoms with van der Waals surface area (Å²) in [6.07, 6.45) is 2.40. The van der Waals surface area contributed by atoms with E-state index in [4.69, 9.17) is 25.8 Å². The lowest BCUT2D eigenvalue weighted by Gasteiger charge is -2.49. The van der Waals surface area contributed by atoms with Crippen molar-refractivity contribution in [2.45, 2.75) is 72.8 Å². The first kappa shape index (κ1) is 32.0. The molecule has 1 heterocycles. The van der Waals surface area contributed by atoms with E-state index in [-0.39, 0.29) is 22.4 Å². The molecule has 0 amide bonds. The van der Waals surface area contributed by atoms with Crippen LogP contribution in [0.25, 0.3) is 0 Å². The number of benzene rings is 2. The monoisotopic (exact) mass is 717 g/mol. The minimum Gasteiger partial charge on any atom is -0.490 e. The lowest BCUT2D eigenvalue weighted by Crippen LogP contribution is -2.45. The molecule has 0 unspecified atom stereocenters. The van der Waals surface area contributed by atoms with Gasteiger partial charge in [0.05, 0.1) is 16.8 Å². The van der Waals surface area contributed by atoms with Crippen LogP contribution in [0.3, 0.4) is 0 Å². The second-order valence-corrected chi connectivity index (χ2v) is 14.9. The second-order valence-electron chi connectivity index (χ2n) is 13.3. The Morgan fingerprint density at radius 1 is 0.930 bits per heavy atom. The maximum atomic E-state index is 14.1. The second kappa shape index (κ2) is 12.6. The number of hydrogen-bond donors (Lipinski definition) is 0. The van der Waals surface area contributed by atoms with Crippen molar-refractivity contribution in [2.75, 3.05) is 26.9 Å². The summed E-state index contributed by atoms with van der Waals surface area (Å²) in [4.78, 5) is 30.4. The number of ether oxygens (including phenoxy) is 3. The molecule has 0 saturated heterocycles. The first-order chi connectivity index (χ1) is 20.4. The van der Waals surface area contributed by atoms with E-state index in [0.29, 0.717) is 55.7 Å². The number of allylic oxidation sites excluding steroid dienone is 4. The van der Waals surface area contributed by atoms with Gasteiger partial charge in [0.1, 0.15) is 6.61 Å². The molecule has 1 aliphatic heterocycles. The summed E-state index contributed by atoms with van der Waals surface area (Å²) in [5.41, 5.74) is 4.93. The molecule has 0 saturated carbocycles. The third-order valence-corrected chi connectivity index (χ3v) is 9.71. The van der Waals surface area contributed by atoms with E-state index in [0.717, 1.165) is 50.1 Å². The minimum absolute atomic E-state index is 0.106. The number of nitrogens with zero attached hydrogens (tertiary/aromatic N) is 1. The molecule has 2 aliphatic carbocycles. The van der Waals surface area contributed by atoms with Gasteiger partial charge in [0.15, 0.2) is 23.1 Å². The number of rotatable bonds is 9. The lowest BCUT2D eigenvalue weighted by molar-refractivity contribution is -0.119. The molecule has 6 nitrogen and oxygen atoms in total. The molecule has 0 bridgehead atoms. The Morgan fingerprint density at radius 2 is 1.53 bits per heavy atom. The fraction of sp³-hybridized carbons (Fsp3) is 0.486. The normalized spacial score (nSPS) is 19.9. The first-order valence-electron chi connectivity index (χ1n) is 15.0. The van der Waals surface area contributed by atoms with Crippen molar-refractivity contribution >= 4 is 45.8 Å². The largest absolute Gasteiger partial charge is 0.490 e. The van der Waals surface area contributed by atoms with Crippen molar-refractivity contribution in [3.8, 4) is 11.5 Å². The predicted molar refractivity (Wildman–Crippen MR) is 178 cm³/mol. The van der Waals surface area contributed by atoms with Gasteiger partial charge in [0.25, 0.3) is 0 Å². The van der Waals surface area contributed by atoms with Gasteiger partial charge < -0.3 is 19.1 Å². The molecule has 2 aromatic carbocycles. The Labute approximate surface area is 273 Å². The highest BCUT2D eigenvalue weighted by Crippen LogP contribution is 2.55. The van der Waals surface area contributed by atoms with E-state index in [9.17, 15) is 9.59 Å². The Kier molecular flexibility index (Phi) is 9.36. The van der Waals surface area contributed by atoms with Crippen LogP contribution in [0.2, 0.25) is 5.02 Å². The van der Waals surface area contributed by atoms with E-state index in [1.54, 1.807) is 7.11 Å². The Hall–Kier alpha value is -2.36. The third kappa shape index (κ3) is 6.54. The topological polar surface area (TPSA) is 65.1 Å². The van der Waals surface area contributed by atoms with Crippen molar-refractivity contribution in [3.05, 3.63) is 78.7 Å². The van der Waals surface area contributed by atoms with Gasteiger partial charge in [-0.2, -0.15) is 0 Å². The van der Waals surface area contributed by atoms with E-state index in [1.807, 2.05) is 37.3 Å². The van der Waals surface area contributed by atoms with Crippen LogP contribution in [-0.2, 0) is 20.9 Å². The molecule has 0 spiro atoms. The van der Waals surface area contributed by atoms with Gasteiger partial charge in [-0.05, 0) is 76.9 Å². The van der Waals surface area contributed by atoms with Gasteiger partial charge in [0.2, 0.25) is 0 Å². The van der Waals surface area contributed by atoms with Crippen molar-refractivity contribution in [1.82, 2.24) is 4.90 Å². The zero-order valence-corrected chi connectivity index (χ0v) is 28.9. The van der Waals surface area contributed by atoms with Crippen LogP contribution >= 0.6 is 34.2 Å². The summed E-state index contributed by atoms with van der Waals surface area (Å²) in [7, 11) is 1.69. The van der Waals surface area contributed by atoms with Gasteiger partial charge in [-0.1, -0.05) is 57.5 Å². The maximum Gasteiger partial charge on any atom is 0.174 e. The van der Waals surface area contributed by atoms with Crippen molar-refractivity contribution < 1.29 is 23.8 Å². The van der Waals surface area contributed by atoms with Crippen LogP contribution < -0.4 is 9.47 Å². The third-order valence-electron chi connectivity index (χ3n) is 8.54. The highest BCUT2D eigenvalue weighted by Gasteiger charge is 2.49. The van der Waals surface area contributed by atoms with Gasteiger partial charge in [-0.15, -0.1) is 0 Å². The number of halogens is 2. The Morgan fingerprint density at radius 3 is 2.09 bits per heavy atom. The zero-order valence-electron chi connectivity index (χ0n) is 25.9. The standard InChI is InChI=1S/C35H41ClINO5/c1-7-42-29-15-22(14-24(37)33(29)43-20-21-10-8-9-11-23(21)36)30-31-25(16-34(2,3)18-27(31)39)38(12-13-41-6)26-17-35(4,5)19-28(40)32(26)30/h8-11,14-15,30H,7,12-13,16-20H2,1-6H3. The van der Waals surface area contributed by atoms with Crippen LogP contribution in [0.15, 0.2) is 58.9 Å². The molecule has 8 heteroatoms. The Balaban J connectivity index is 1.67. The highest BCUT2D eigenvalue weighted by atomic mass is 127. The molecule has 0 N–H and O–H groups in total. The van der Waals surface area contributed by atoms with E-state index in [1.165, 1.54) is 0 Å². The molecule has 0 fully saturated rings. The van der Waals surface area contributed by atoms with Gasteiger partial charge in [-0.3, -0.25) is 9.59 Å². The first-order valence-corrected chi connectivity index (χ1v) is 16.4. The summed E-state index contributed by atoms with van der Waals surface area (Å²) in [5, 5.41) is 0.642. The molecule has 3 aliphatic rings. The molecule has 43 heavy (non-hydrogen) atoms. The van der Waals surface area contributed by atoms with Gasteiger partial charge in [-0.25, -0.2) is 0 Å². The molecule has 2 aromatic rings. The van der Waals surface area contributed by atoms with E-state index >= 15 is 0 Å². The Bertz CT molecular complexity index is 1450. The van der Waals surface area contributed by atoms with Crippen LogP contribution in [0, 0.1) is 14.4 Å². The number of carbonyl (C=O) groups is 2. The van der Waals surface area contributed by atoms with Crippen LogP contribution in [0.4, 0.5) is 0 Å². The van der Waals surface area contributed by atoms with E-state index in [2.05, 4.69) is 61.3 Å². The summed E-state index contributed by atoms with van der Waals surface area (Å²) >= 11 is 8.67. The summed E-state index contributed by atoms with van der Waals surface area (Å²) < 4.78 is 18.8. The fourth-order valence-electron chi connectivity index (χ4n) is 6.76. The van der Waals surface area contributed by atoms with Crippen LogP contribution in [0.1, 0.15) is 77.3 Å². The number of ketones is 2. The van der Waals surface area contributed by atoms with Crippen LogP contribution in [-0.4, -0.2) is 43.3 Å². The predicted octanol–water partition coefficient (Wildman–Crippen LogP) is 8.25. The summed E-state index contributed by atoms with van der Waals surface area (Å²) in [6.45, 7) is 12.4. The smallest absolute Gasteiger partial charge is 0.174 e. The molecule has 0 aromatic heterocycles. The van der Waals surface area contributed by atoms with Crippen molar-refractivity contribution in [2.24, 2.45) is 10.8 Å². The number of hydrogen-bond acceptors (Lipinski definition) is 6. The summed E-state index contributed by atoms with van der Waals surface area (Å²) in [5.74, 6) is 0.972. The number of Topliss-reactive ketones (excluding diaryl/α,β-unsaturated/α-hetero) is 2. The van der Waals surface area contributed by atoms with Crippen LogP contribution in [0.5, 0.6) is 11.5 Å². The quantitative estimate of drug-likeness (QED) is 0.244. The zero-order chi connectivity index (χ0) is 31.1. The van der Waals surface area contributed by atoms with Crippen molar-refractivity contribution in [1.29, 1.82) is 0 Å². The van der Waals surface area contributed by atoms with E-state index < -0.39 is 5.92 Å². The number of carbonyl (C=O) groups excluding carboxylic acids is 2. The SMILES string of the molecule is CCOc1cc(C2C3=C(CC(C)(C)CC3=O)N(CCOC)C3=C2C(=O)CC(C)(C)C3)cc(I)c1OCc1ccccc1Cl. The molecule has 230 valence electrons. The average Bonchev–Trinajstić information content (AvgIpc) is 2.90. The average molecular weight is 718 g/mol. The van der Waals surface area contributed by atoms with Crippen molar-refractivity contribution in [3.63, 3.8) is 0 Å². The van der Waals surface area contributed by atoms with Gasteiger partial charge >= 0.3 is 0 Å². The minimum atomic E-state index is -0.457. The molecular weight excluding hydrogens is 677 g/mol. The molecular formula is C35H41ClINO5. The highest BCUT2D eigenvalue weighted by molar-refractivity contribution is 14.1. The molecule has 0 radical (unpaired) electrons. The fourth-order valence-corrected chi connectivity index (χ4v) is 7.73. The number of methoxy groups -OCH3 is 1.